The summed E-state index contributed by atoms with van der Waals surface area (Å²) in [5.74, 6) is -0.289. The monoisotopic (exact) mass is 459 g/mol. The van der Waals surface area contributed by atoms with Crippen LogP contribution < -0.4 is 5.32 Å². The van der Waals surface area contributed by atoms with E-state index in [0.29, 0.717) is 31.8 Å². The number of hydrogen-bond acceptors (Lipinski definition) is 5. The lowest BCUT2D eigenvalue weighted by atomic mass is 10.1. The molecule has 1 amide bonds. The molecule has 32 heavy (non-hydrogen) atoms. The molecule has 7 nitrogen and oxygen atoms in total. The standard InChI is InChI=1S/C24H33N3O4S/c1-4-27(5-2)32(29,30)22-12-11-19(3)23(15-22)24(28)25-16-21-18-26(13-14-31-21)17-20-9-7-6-8-10-20/h6-12,15,21H,4-5,13-14,16-18H2,1-3H3,(H,25,28). The summed E-state index contributed by atoms with van der Waals surface area (Å²) in [6, 6.07) is 15.0. The Bertz CT molecular complexity index is 1010. The number of nitrogens with one attached hydrogen (secondary N) is 1. The van der Waals surface area contributed by atoms with Crippen LogP contribution in [0.3, 0.4) is 0 Å². The van der Waals surface area contributed by atoms with Crippen molar-refractivity contribution >= 4 is 15.9 Å². The highest BCUT2D eigenvalue weighted by atomic mass is 32.2. The molecule has 0 radical (unpaired) electrons. The van der Waals surface area contributed by atoms with Gasteiger partial charge in [-0.1, -0.05) is 50.2 Å². The molecule has 0 aliphatic carbocycles. The van der Waals surface area contributed by atoms with Crippen molar-refractivity contribution in [3.63, 3.8) is 0 Å². The molecule has 1 fully saturated rings. The first-order valence-corrected chi connectivity index (χ1v) is 12.6. The van der Waals surface area contributed by atoms with Gasteiger partial charge in [-0.15, -0.1) is 0 Å². The van der Waals surface area contributed by atoms with Gasteiger partial charge in [-0.2, -0.15) is 4.31 Å². The molecule has 1 heterocycles. The average molecular weight is 460 g/mol. The Kier molecular flexibility index (Phi) is 8.42. The lowest BCUT2D eigenvalue weighted by Crippen LogP contribution is -2.47. The van der Waals surface area contributed by atoms with Crippen LogP contribution in [0.5, 0.6) is 0 Å². The van der Waals surface area contributed by atoms with E-state index >= 15 is 0 Å². The number of morpholine rings is 1. The van der Waals surface area contributed by atoms with Crippen LogP contribution in [0, 0.1) is 6.92 Å². The largest absolute Gasteiger partial charge is 0.374 e. The second-order valence-electron chi connectivity index (χ2n) is 7.99. The van der Waals surface area contributed by atoms with Crippen molar-refractivity contribution in [2.75, 3.05) is 39.3 Å². The average Bonchev–Trinajstić information content (AvgIpc) is 2.79. The molecule has 1 aliphatic heterocycles. The fraction of sp³-hybridized carbons (Fsp3) is 0.458. The van der Waals surface area contributed by atoms with Gasteiger partial charge >= 0.3 is 0 Å². The second kappa shape index (κ2) is 11.0. The maximum Gasteiger partial charge on any atom is 0.251 e. The highest BCUT2D eigenvalue weighted by molar-refractivity contribution is 7.89. The number of carbonyl (C=O) groups is 1. The van der Waals surface area contributed by atoms with E-state index in [-0.39, 0.29) is 16.9 Å². The van der Waals surface area contributed by atoms with Crippen LogP contribution in [-0.4, -0.2) is 69.0 Å². The Morgan fingerprint density at radius 3 is 2.56 bits per heavy atom. The summed E-state index contributed by atoms with van der Waals surface area (Å²) in [6.45, 7) is 9.58. The van der Waals surface area contributed by atoms with Gasteiger partial charge in [-0.05, 0) is 30.2 Å². The first kappa shape index (κ1) is 24.4. The Balaban J connectivity index is 1.63. The summed E-state index contributed by atoms with van der Waals surface area (Å²) in [6.07, 6.45) is -0.112. The van der Waals surface area contributed by atoms with Crippen molar-refractivity contribution in [2.45, 2.75) is 38.3 Å². The Hall–Kier alpha value is -2.26. The maximum absolute atomic E-state index is 12.9. The van der Waals surface area contributed by atoms with E-state index in [0.717, 1.165) is 25.2 Å². The third-order valence-electron chi connectivity index (χ3n) is 5.76. The van der Waals surface area contributed by atoms with Gasteiger partial charge < -0.3 is 10.1 Å². The molecular formula is C24H33N3O4S. The molecule has 0 saturated carbocycles. The molecule has 8 heteroatoms. The number of ether oxygens (including phenoxy) is 1. The van der Waals surface area contributed by atoms with Crippen molar-refractivity contribution in [3.8, 4) is 0 Å². The van der Waals surface area contributed by atoms with Gasteiger partial charge in [-0.25, -0.2) is 8.42 Å². The van der Waals surface area contributed by atoms with Gasteiger partial charge in [0.25, 0.3) is 5.91 Å². The number of nitrogens with zero attached hydrogens (tertiary/aromatic N) is 2. The predicted octanol–water partition coefficient (Wildman–Crippen LogP) is 2.66. The molecule has 0 spiro atoms. The molecule has 0 aromatic heterocycles. The SMILES string of the molecule is CCN(CC)S(=O)(=O)c1ccc(C)c(C(=O)NCC2CN(Cc3ccccc3)CCO2)c1. The van der Waals surface area contributed by atoms with Gasteiger partial charge in [0.05, 0.1) is 17.6 Å². The normalized spacial score (nSPS) is 17.4. The molecular weight excluding hydrogens is 426 g/mol. The van der Waals surface area contributed by atoms with Crippen LogP contribution in [0.2, 0.25) is 0 Å². The number of benzene rings is 2. The molecule has 2 aromatic carbocycles. The molecule has 3 rings (SSSR count). The van der Waals surface area contributed by atoms with Crippen molar-refractivity contribution in [1.82, 2.24) is 14.5 Å². The van der Waals surface area contributed by atoms with Crippen LogP contribution in [0.4, 0.5) is 0 Å². The molecule has 1 N–H and O–H groups in total. The molecule has 174 valence electrons. The highest BCUT2D eigenvalue weighted by Crippen LogP contribution is 2.20. The van der Waals surface area contributed by atoms with E-state index < -0.39 is 10.0 Å². The van der Waals surface area contributed by atoms with E-state index in [1.54, 1.807) is 32.9 Å². The fourth-order valence-electron chi connectivity index (χ4n) is 3.91. The van der Waals surface area contributed by atoms with Crippen LogP contribution in [-0.2, 0) is 21.3 Å². The second-order valence-corrected chi connectivity index (χ2v) is 9.93. The maximum atomic E-state index is 12.9. The van der Waals surface area contributed by atoms with E-state index in [2.05, 4.69) is 22.3 Å². The number of hydrogen-bond donors (Lipinski definition) is 1. The molecule has 0 bridgehead atoms. The van der Waals surface area contributed by atoms with Crippen molar-refractivity contribution in [2.24, 2.45) is 0 Å². The Labute approximate surface area is 191 Å². The molecule has 2 aromatic rings. The molecule has 1 unspecified atom stereocenters. The summed E-state index contributed by atoms with van der Waals surface area (Å²) in [5.41, 5.74) is 2.35. The third kappa shape index (κ3) is 5.95. The lowest BCUT2D eigenvalue weighted by Gasteiger charge is -2.33. The summed E-state index contributed by atoms with van der Waals surface area (Å²) in [7, 11) is -3.62. The zero-order chi connectivity index (χ0) is 23.1. The van der Waals surface area contributed by atoms with Gasteiger partial charge in [0, 0.05) is 44.8 Å². The Morgan fingerprint density at radius 2 is 1.88 bits per heavy atom. The minimum Gasteiger partial charge on any atom is -0.374 e. The van der Waals surface area contributed by atoms with E-state index in [1.165, 1.54) is 15.9 Å². The van der Waals surface area contributed by atoms with E-state index in [4.69, 9.17) is 4.74 Å². The zero-order valence-corrected chi connectivity index (χ0v) is 19.9. The minimum atomic E-state index is -3.62. The molecule has 1 atom stereocenters. The number of amides is 1. The summed E-state index contributed by atoms with van der Waals surface area (Å²) in [5, 5.41) is 2.93. The topological polar surface area (TPSA) is 79.0 Å². The van der Waals surface area contributed by atoms with Crippen molar-refractivity contribution in [3.05, 3.63) is 65.2 Å². The number of rotatable bonds is 9. The first-order valence-electron chi connectivity index (χ1n) is 11.1. The van der Waals surface area contributed by atoms with Crippen LogP contribution in [0.15, 0.2) is 53.4 Å². The van der Waals surface area contributed by atoms with Crippen LogP contribution >= 0.6 is 0 Å². The van der Waals surface area contributed by atoms with E-state index in [1.807, 2.05) is 18.2 Å². The smallest absolute Gasteiger partial charge is 0.251 e. The predicted molar refractivity (Wildman–Crippen MR) is 125 cm³/mol. The quantitative estimate of drug-likeness (QED) is 0.624. The lowest BCUT2D eigenvalue weighted by molar-refractivity contribution is -0.0292. The van der Waals surface area contributed by atoms with Gasteiger partial charge in [0.2, 0.25) is 10.0 Å². The van der Waals surface area contributed by atoms with Crippen molar-refractivity contribution in [1.29, 1.82) is 0 Å². The number of aryl methyl sites for hydroxylation is 1. The third-order valence-corrected chi connectivity index (χ3v) is 7.80. The van der Waals surface area contributed by atoms with Gasteiger partial charge in [0.1, 0.15) is 0 Å². The van der Waals surface area contributed by atoms with Crippen molar-refractivity contribution < 1.29 is 17.9 Å². The van der Waals surface area contributed by atoms with E-state index in [9.17, 15) is 13.2 Å². The van der Waals surface area contributed by atoms with Crippen LogP contribution in [0.1, 0.15) is 35.3 Å². The zero-order valence-electron chi connectivity index (χ0n) is 19.1. The minimum absolute atomic E-state index is 0.112. The van der Waals surface area contributed by atoms with Gasteiger partial charge in [0.15, 0.2) is 0 Å². The number of carbonyl (C=O) groups excluding carboxylic acids is 1. The Morgan fingerprint density at radius 1 is 1.16 bits per heavy atom. The summed E-state index contributed by atoms with van der Waals surface area (Å²) in [4.78, 5) is 15.3. The molecule has 1 aliphatic rings. The number of sulfonamides is 1. The molecule has 1 saturated heterocycles. The summed E-state index contributed by atoms with van der Waals surface area (Å²) < 4.78 is 32.9. The summed E-state index contributed by atoms with van der Waals surface area (Å²) >= 11 is 0. The fourth-order valence-corrected chi connectivity index (χ4v) is 5.39. The highest BCUT2D eigenvalue weighted by Gasteiger charge is 2.25. The van der Waals surface area contributed by atoms with Crippen LogP contribution in [0.25, 0.3) is 0 Å². The van der Waals surface area contributed by atoms with Gasteiger partial charge in [-0.3, -0.25) is 9.69 Å². The first-order chi connectivity index (χ1) is 15.3.